The quantitative estimate of drug-likeness (QED) is 0.210. The number of anilines is 3. The van der Waals surface area contributed by atoms with Crippen LogP contribution >= 0.6 is 0 Å². The second-order valence-corrected chi connectivity index (χ2v) is 10.9. The van der Waals surface area contributed by atoms with Crippen LogP contribution in [0.5, 0.6) is 0 Å². The highest BCUT2D eigenvalue weighted by Crippen LogP contribution is 2.34. The lowest BCUT2D eigenvalue weighted by molar-refractivity contribution is -0.383. The molecule has 0 saturated carbocycles. The van der Waals surface area contributed by atoms with Crippen LogP contribution in [0.1, 0.15) is 12.8 Å². The van der Waals surface area contributed by atoms with Crippen LogP contribution in [-0.2, 0) is 0 Å². The van der Waals surface area contributed by atoms with Crippen molar-refractivity contribution in [1.29, 1.82) is 0 Å². The minimum absolute atomic E-state index is 0.182. The molecule has 6 rings (SSSR count). The largest absolute Gasteiger partial charge is 0.398 e. The van der Waals surface area contributed by atoms with Gasteiger partial charge in [-0.25, -0.2) is 0 Å². The van der Waals surface area contributed by atoms with Gasteiger partial charge < -0.3 is 25.3 Å². The zero-order valence-corrected chi connectivity index (χ0v) is 23.6. The predicted molar refractivity (Wildman–Crippen MR) is 168 cm³/mol. The Morgan fingerprint density at radius 1 is 0.600 bits per heavy atom. The van der Waals surface area contributed by atoms with Gasteiger partial charge in [0, 0.05) is 78.6 Å². The fourth-order valence-electron chi connectivity index (χ4n) is 5.86. The van der Waals surface area contributed by atoms with Crippen molar-refractivity contribution in [1.82, 2.24) is 9.80 Å². The van der Waals surface area contributed by atoms with Crippen LogP contribution in [0.25, 0.3) is 21.5 Å². The monoisotopic (exact) mass is 540 g/mol. The van der Waals surface area contributed by atoms with Gasteiger partial charge in [0.1, 0.15) is 0 Å². The maximum Gasteiger partial charge on any atom is 0.277 e. The van der Waals surface area contributed by atoms with Crippen molar-refractivity contribution >= 4 is 44.3 Å². The van der Waals surface area contributed by atoms with Crippen molar-refractivity contribution in [2.75, 3.05) is 82.0 Å². The Hall–Kier alpha value is -3.88. The minimum Gasteiger partial charge on any atom is -0.398 e. The fourth-order valence-corrected chi connectivity index (χ4v) is 5.86. The van der Waals surface area contributed by atoms with E-state index in [1.807, 2.05) is 36.4 Å². The van der Waals surface area contributed by atoms with Crippen LogP contribution in [0.15, 0.2) is 72.8 Å². The van der Waals surface area contributed by atoms with Crippen LogP contribution in [0, 0.1) is 10.1 Å². The van der Waals surface area contributed by atoms with Crippen molar-refractivity contribution in [3.8, 4) is 0 Å². The molecule has 4 aromatic carbocycles. The maximum absolute atomic E-state index is 11.2. The topological polar surface area (TPSA) is 82.1 Å². The molecular weight excluding hydrogens is 500 g/mol. The van der Waals surface area contributed by atoms with Crippen LogP contribution in [0.3, 0.4) is 0 Å². The first-order valence-corrected chi connectivity index (χ1v) is 14.2. The van der Waals surface area contributed by atoms with E-state index in [0.29, 0.717) is 0 Å². The van der Waals surface area contributed by atoms with Crippen LogP contribution in [-0.4, -0.2) is 81.2 Å². The van der Waals surface area contributed by atoms with E-state index in [0.717, 1.165) is 79.8 Å². The number of nitrogen functional groups attached to an aromatic ring is 1. The van der Waals surface area contributed by atoms with Gasteiger partial charge in [0.25, 0.3) is 5.69 Å². The Morgan fingerprint density at radius 3 is 1.62 bits per heavy atom. The molecule has 0 aromatic heterocycles. The molecule has 0 spiro atoms. The third kappa shape index (κ3) is 6.13. The van der Waals surface area contributed by atoms with E-state index >= 15 is 0 Å². The standard InChI is InChI=1S/C16H19N3O2.C16H21N3/c1-17-9-4-10-18(12-11-17)15-7-8-16(19(20)21)14-6-3-2-5-13(14)15;1-18-9-4-10-19(12-11-18)16-8-7-15(17)13-5-2-3-6-14(13)16/h2-3,5-8H,4,9-12H2,1H3;2-3,5-8H,4,9-12,17H2,1H3. The number of non-ortho nitro benzene ring substituents is 1. The third-order valence-corrected chi connectivity index (χ3v) is 8.13. The summed E-state index contributed by atoms with van der Waals surface area (Å²) in [6.45, 7) is 8.59. The van der Waals surface area contributed by atoms with Crippen LogP contribution in [0.4, 0.5) is 22.7 Å². The molecule has 0 amide bonds. The highest BCUT2D eigenvalue weighted by Gasteiger charge is 2.19. The first kappa shape index (κ1) is 27.7. The van der Waals surface area contributed by atoms with Gasteiger partial charge in [-0.15, -0.1) is 0 Å². The normalized spacial score (nSPS) is 17.2. The van der Waals surface area contributed by atoms with Crippen molar-refractivity contribution in [3.05, 3.63) is 82.9 Å². The Labute approximate surface area is 236 Å². The summed E-state index contributed by atoms with van der Waals surface area (Å²) in [5.41, 5.74) is 9.55. The second-order valence-electron chi connectivity index (χ2n) is 10.9. The molecule has 0 atom stereocenters. The number of likely N-dealkylation sites (N-methyl/N-ethyl adjacent to an activating group) is 2. The van der Waals surface area contributed by atoms with Gasteiger partial charge in [-0.3, -0.25) is 10.1 Å². The number of nitro benzene ring substituents is 1. The van der Waals surface area contributed by atoms with Gasteiger partial charge in [-0.05, 0) is 64.3 Å². The van der Waals surface area contributed by atoms with Crippen molar-refractivity contribution in [3.63, 3.8) is 0 Å². The van der Waals surface area contributed by atoms with E-state index in [2.05, 4.69) is 64.0 Å². The molecule has 8 nitrogen and oxygen atoms in total. The van der Waals surface area contributed by atoms with Crippen LogP contribution < -0.4 is 15.5 Å². The molecule has 0 aliphatic carbocycles. The molecule has 2 fully saturated rings. The average molecular weight is 541 g/mol. The number of nitrogens with two attached hydrogens (primary N) is 1. The molecule has 4 aromatic rings. The molecule has 210 valence electrons. The van der Waals surface area contributed by atoms with Gasteiger partial charge >= 0.3 is 0 Å². The highest BCUT2D eigenvalue weighted by molar-refractivity contribution is 6.01. The van der Waals surface area contributed by atoms with Crippen molar-refractivity contribution in [2.45, 2.75) is 12.8 Å². The predicted octanol–water partition coefficient (Wildman–Crippen LogP) is 5.45. The molecule has 2 saturated heterocycles. The van der Waals surface area contributed by atoms with E-state index in [-0.39, 0.29) is 10.6 Å². The molecule has 2 heterocycles. The lowest BCUT2D eigenvalue weighted by atomic mass is 10.1. The fraction of sp³-hybridized carbons (Fsp3) is 0.375. The third-order valence-electron chi connectivity index (χ3n) is 8.13. The van der Waals surface area contributed by atoms with Crippen molar-refractivity contribution < 1.29 is 4.92 Å². The summed E-state index contributed by atoms with van der Waals surface area (Å²) in [5, 5.41) is 15.3. The summed E-state index contributed by atoms with van der Waals surface area (Å²) >= 11 is 0. The molecular formula is C32H40N6O2. The average Bonchev–Trinajstić information content (AvgIpc) is 3.32. The minimum atomic E-state index is -0.303. The lowest BCUT2D eigenvalue weighted by Crippen LogP contribution is -2.28. The number of nitro groups is 1. The summed E-state index contributed by atoms with van der Waals surface area (Å²) in [6.07, 6.45) is 2.33. The SMILES string of the molecule is CN1CCCN(c2ccc(N)c3ccccc23)CC1.CN1CCCN(c2ccc([N+](=O)[O-])c3ccccc23)CC1. The smallest absolute Gasteiger partial charge is 0.277 e. The van der Waals surface area contributed by atoms with E-state index in [4.69, 9.17) is 5.73 Å². The number of nitrogens with zero attached hydrogens (tertiary/aromatic N) is 5. The van der Waals surface area contributed by atoms with Gasteiger partial charge in [-0.2, -0.15) is 0 Å². The Balaban J connectivity index is 0.000000162. The molecule has 0 radical (unpaired) electrons. The molecule has 0 bridgehead atoms. The second kappa shape index (κ2) is 12.5. The number of rotatable bonds is 3. The number of fused-ring (bicyclic) bond motifs is 2. The highest BCUT2D eigenvalue weighted by atomic mass is 16.6. The molecule has 2 aliphatic heterocycles. The summed E-state index contributed by atoms with van der Waals surface area (Å²) in [6, 6.07) is 23.8. The molecule has 8 heteroatoms. The number of hydrogen-bond acceptors (Lipinski definition) is 7. The molecule has 2 N–H and O–H groups in total. The number of benzene rings is 4. The maximum atomic E-state index is 11.2. The summed E-state index contributed by atoms with van der Waals surface area (Å²) in [7, 11) is 4.34. The van der Waals surface area contributed by atoms with E-state index in [1.54, 1.807) is 6.07 Å². The summed E-state index contributed by atoms with van der Waals surface area (Å²) in [5.74, 6) is 0. The van der Waals surface area contributed by atoms with Gasteiger partial charge in [0.15, 0.2) is 0 Å². The zero-order valence-electron chi connectivity index (χ0n) is 23.6. The molecule has 0 unspecified atom stereocenters. The zero-order chi connectivity index (χ0) is 28.1. The van der Waals surface area contributed by atoms with Gasteiger partial charge in [0.05, 0.1) is 10.3 Å². The lowest BCUT2D eigenvalue weighted by Gasteiger charge is -2.25. The first-order chi connectivity index (χ1) is 19.4. The molecule has 40 heavy (non-hydrogen) atoms. The molecule has 2 aliphatic rings. The van der Waals surface area contributed by atoms with E-state index < -0.39 is 0 Å². The van der Waals surface area contributed by atoms with Crippen LogP contribution in [0.2, 0.25) is 0 Å². The Morgan fingerprint density at radius 2 is 1.07 bits per heavy atom. The number of hydrogen-bond donors (Lipinski definition) is 1. The van der Waals surface area contributed by atoms with E-state index in [1.165, 1.54) is 24.0 Å². The van der Waals surface area contributed by atoms with Gasteiger partial charge in [-0.1, -0.05) is 42.5 Å². The van der Waals surface area contributed by atoms with Gasteiger partial charge in [0.2, 0.25) is 0 Å². The van der Waals surface area contributed by atoms with Crippen molar-refractivity contribution in [2.24, 2.45) is 0 Å². The summed E-state index contributed by atoms with van der Waals surface area (Å²) < 4.78 is 0. The summed E-state index contributed by atoms with van der Waals surface area (Å²) in [4.78, 5) is 20.4. The Bertz CT molecular complexity index is 1470. The first-order valence-electron chi connectivity index (χ1n) is 14.2. The van der Waals surface area contributed by atoms with E-state index in [9.17, 15) is 10.1 Å². The Kier molecular flexibility index (Phi) is 8.67.